The predicted octanol–water partition coefficient (Wildman–Crippen LogP) is 3.90. The number of thiazole rings is 1. The maximum Gasteiger partial charge on any atom is 0.413 e. The molecule has 0 saturated carbocycles. The molecule has 0 radical (unpaired) electrons. The van der Waals surface area contributed by atoms with Gasteiger partial charge in [0.05, 0.1) is 10.4 Å². The van der Waals surface area contributed by atoms with Crippen LogP contribution in [0, 0.1) is 18.7 Å². The van der Waals surface area contributed by atoms with Gasteiger partial charge < -0.3 is 4.74 Å². The van der Waals surface area contributed by atoms with E-state index in [1.165, 1.54) is 17.4 Å². The molecule has 3 aliphatic heterocycles. The molecule has 25 heavy (non-hydrogen) atoms. The number of nitrogens with zero attached hydrogens (tertiary/aromatic N) is 2. The molecular weight excluding hydrogens is 341 g/mol. The van der Waals surface area contributed by atoms with E-state index in [4.69, 9.17) is 4.74 Å². The average Bonchev–Trinajstić information content (AvgIpc) is 3.06. The van der Waals surface area contributed by atoms with Gasteiger partial charge in [0.15, 0.2) is 5.82 Å². The van der Waals surface area contributed by atoms with Crippen LogP contribution in [0.1, 0.15) is 18.4 Å². The first kappa shape index (κ1) is 16.5. The van der Waals surface area contributed by atoms with E-state index in [9.17, 15) is 9.18 Å². The first-order valence-corrected chi connectivity index (χ1v) is 9.38. The fourth-order valence-corrected chi connectivity index (χ4v) is 4.38. The van der Waals surface area contributed by atoms with Gasteiger partial charge >= 0.3 is 6.09 Å². The number of aromatic nitrogens is 1. The molecular formula is C18H20FN3O2S. The molecule has 7 heteroatoms. The molecule has 3 aliphatic rings. The van der Waals surface area contributed by atoms with E-state index in [1.807, 2.05) is 0 Å². The highest BCUT2D eigenvalue weighted by atomic mass is 32.1. The molecule has 132 valence electrons. The fourth-order valence-electron chi connectivity index (χ4n) is 3.63. The summed E-state index contributed by atoms with van der Waals surface area (Å²) in [7, 11) is 0. The third-order valence-electron chi connectivity index (χ3n) is 5.06. The summed E-state index contributed by atoms with van der Waals surface area (Å²) in [5, 5.41) is 2.76. The Kier molecular flexibility index (Phi) is 4.43. The Hall–Kier alpha value is -1.99. The van der Waals surface area contributed by atoms with E-state index in [0.29, 0.717) is 17.3 Å². The third kappa shape index (κ3) is 3.39. The van der Waals surface area contributed by atoms with Crippen molar-refractivity contribution in [2.75, 3.05) is 25.0 Å². The highest BCUT2D eigenvalue weighted by Crippen LogP contribution is 2.33. The van der Waals surface area contributed by atoms with Crippen molar-refractivity contribution in [1.82, 2.24) is 9.88 Å². The predicted molar refractivity (Wildman–Crippen MR) is 95.3 cm³/mol. The van der Waals surface area contributed by atoms with Gasteiger partial charge in [-0.2, -0.15) is 0 Å². The zero-order valence-corrected chi connectivity index (χ0v) is 14.8. The fraction of sp³-hybridized carbons (Fsp3) is 0.444. The number of anilines is 1. The summed E-state index contributed by atoms with van der Waals surface area (Å²) in [6.07, 6.45) is 1.67. The molecule has 2 aromatic rings. The lowest BCUT2D eigenvalue weighted by molar-refractivity contribution is -0.0290. The number of amides is 1. The Morgan fingerprint density at radius 1 is 1.40 bits per heavy atom. The summed E-state index contributed by atoms with van der Waals surface area (Å²) in [4.78, 5) is 19.7. The Morgan fingerprint density at radius 3 is 2.88 bits per heavy atom. The standard InChI is InChI=1S/C18H20FN3O2S/c1-11-8-13(2-3-14(11)19)16-17(20-10-25-16)21-18(23)24-15-9-22-6-4-12(15)5-7-22/h2-3,8,10,12,15H,4-7,9H2,1H3,(H,21,23)/t15-/m0/s1. The SMILES string of the molecule is Cc1cc(-c2scnc2NC(=O)O[C@H]2CN3CCC2CC3)ccc1F. The Labute approximate surface area is 149 Å². The van der Waals surface area contributed by atoms with Crippen molar-refractivity contribution in [2.24, 2.45) is 5.92 Å². The van der Waals surface area contributed by atoms with Crippen molar-refractivity contribution in [1.29, 1.82) is 0 Å². The molecule has 1 N–H and O–H groups in total. The molecule has 1 aromatic carbocycles. The van der Waals surface area contributed by atoms with E-state index < -0.39 is 6.09 Å². The van der Waals surface area contributed by atoms with E-state index in [-0.39, 0.29) is 11.9 Å². The molecule has 1 amide bonds. The van der Waals surface area contributed by atoms with Gasteiger partial charge in [-0.15, -0.1) is 11.3 Å². The quantitative estimate of drug-likeness (QED) is 0.901. The normalized spacial score (nSPS) is 25.0. The third-order valence-corrected chi connectivity index (χ3v) is 5.94. The summed E-state index contributed by atoms with van der Waals surface area (Å²) in [6, 6.07) is 4.88. The molecule has 3 fully saturated rings. The summed E-state index contributed by atoms with van der Waals surface area (Å²) in [5.41, 5.74) is 3.06. The number of carbonyl (C=O) groups is 1. The number of aryl methyl sites for hydroxylation is 1. The van der Waals surface area contributed by atoms with Crippen LogP contribution < -0.4 is 5.32 Å². The number of benzene rings is 1. The number of fused-ring (bicyclic) bond motifs is 3. The molecule has 5 rings (SSSR count). The Balaban J connectivity index is 1.45. The van der Waals surface area contributed by atoms with Crippen LogP contribution in [-0.2, 0) is 4.74 Å². The largest absolute Gasteiger partial charge is 0.444 e. The second-order valence-electron chi connectivity index (χ2n) is 6.70. The summed E-state index contributed by atoms with van der Waals surface area (Å²) < 4.78 is 19.1. The lowest BCUT2D eigenvalue weighted by Crippen LogP contribution is -2.52. The maximum atomic E-state index is 13.5. The molecule has 4 heterocycles. The van der Waals surface area contributed by atoms with Gasteiger partial charge in [-0.3, -0.25) is 10.2 Å². The number of carbonyl (C=O) groups excluding carboxylic acids is 1. The average molecular weight is 361 g/mol. The number of hydrogen-bond acceptors (Lipinski definition) is 5. The van der Waals surface area contributed by atoms with Crippen LogP contribution in [0.25, 0.3) is 10.4 Å². The van der Waals surface area contributed by atoms with Crippen LogP contribution in [-0.4, -0.2) is 41.7 Å². The molecule has 3 saturated heterocycles. The molecule has 0 unspecified atom stereocenters. The van der Waals surface area contributed by atoms with E-state index in [1.54, 1.807) is 24.6 Å². The summed E-state index contributed by atoms with van der Waals surface area (Å²) >= 11 is 1.41. The lowest BCUT2D eigenvalue weighted by Gasteiger charge is -2.43. The monoisotopic (exact) mass is 361 g/mol. The van der Waals surface area contributed by atoms with Crippen molar-refractivity contribution < 1.29 is 13.9 Å². The molecule has 0 aliphatic carbocycles. The van der Waals surface area contributed by atoms with Crippen molar-refractivity contribution in [3.63, 3.8) is 0 Å². The Morgan fingerprint density at radius 2 is 2.20 bits per heavy atom. The highest BCUT2D eigenvalue weighted by molar-refractivity contribution is 7.13. The van der Waals surface area contributed by atoms with Gasteiger partial charge in [-0.1, -0.05) is 6.07 Å². The molecule has 5 nitrogen and oxygen atoms in total. The van der Waals surface area contributed by atoms with Gasteiger partial charge in [0.2, 0.25) is 0 Å². The van der Waals surface area contributed by atoms with Crippen molar-refractivity contribution in [2.45, 2.75) is 25.9 Å². The number of piperidine rings is 3. The van der Waals surface area contributed by atoms with Crippen LogP contribution in [0.15, 0.2) is 23.7 Å². The highest BCUT2D eigenvalue weighted by Gasteiger charge is 2.36. The van der Waals surface area contributed by atoms with Gasteiger partial charge in [0.1, 0.15) is 11.9 Å². The number of nitrogens with one attached hydrogen (secondary N) is 1. The second-order valence-corrected chi connectivity index (χ2v) is 7.56. The number of ether oxygens (including phenoxy) is 1. The Bertz CT molecular complexity index is 786. The van der Waals surface area contributed by atoms with Crippen LogP contribution in [0.3, 0.4) is 0 Å². The van der Waals surface area contributed by atoms with E-state index >= 15 is 0 Å². The van der Waals surface area contributed by atoms with E-state index in [2.05, 4.69) is 15.2 Å². The molecule has 1 aromatic heterocycles. The minimum atomic E-state index is -0.468. The topological polar surface area (TPSA) is 54.5 Å². The van der Waals surface area contributed by atoms with E-state index in [0.717, 1.165) is 42.9 Å². The van der Waals surface area contributed by atoms with Gasteiger partial charge in [0, 0.05) is 6.54 Å². The number of rotatable bonds is 3. The summed E-state index contributed by atoms with van der Waals surface area (Å²) in [5.74, 6) is 0.678. The maximum absolute atomic E-state index is 13.5. The zero-order valence-electron chi connectivity index (χ0n) is 14.0. The minimum Gasteiger partial charge on any atom is -0.444 e. The van der Waals surface area contributed by atoms with Crippen LogP contribution in [0.4, 0.5) is 15.0 Å². The van der Waals surface area contributed by atoms with Crippen LogP contribution >= 0.6 is 11.3 Å². The molecule has 2 bridgehead atoms. The first-order chi connectivity index (χ1) is 12.1. The van der Waals surface area contributed by atoms with Gasteiger partial charge in [-0.25, -0.2) is 14.2 Å². The number of halogens is 1. The first-order valence-electron chi connectivity index (χ1n) is 8.50. The van der Waals surface area contributed by atoms with Gasteiger partial charge in [-0.05, 0) is 62.0 Å². The van der Waals surface area contributed by atoms with Crippen LogP contribution in [0.5, 0.6) is 0 Å². The van der Waals surface area contributed by atoms with Crippen molar-refractivity contribution in [3.8, 4) is 10.4 Å². The molecule has 1 atom stereocenters. The second kappa shape index (κ2) is 6.72. The zero-order chi connectivity index (χ0) is 17.4. The van der Waals surface area contributed by atoms with Crippen LogP contribution in [0.2, 0.25) is 0 Å². The minimum absolute atomic E-state index is 0.0438. The van der Waals surface area contributed by atoms with Crippen molar-refractivity contribution >= 4 is 23.2 Å². The smallest absolute Gasteiger partial charge is 0.413 e. The summed E-state index contributed by atoms with van der Waals surface area (Å²) in [6.45, 7) is 4.74. The number of hydrogen-bond donors (Lipinski definition) is 1. The lowest BCUT2D eigenvalue weighted by atomic mass is 9.86. The molecule has 0 spiro atoms. The van der Waals surface area contributed by atoms with Crippen molar-refractivity contribution in [3.05, 3.63) is 35.1 Å². The van der Waals surface area contributed by atoms with Gasteiger partial charge in [0.25, 0.3) is 0 Å².